The third kappa shape index (κ3) is 3.08. The largest absolute Gasteiger partial charge is 0.509 e. The van der Waals surface area contributed by atoms with Crippen LogP contribution in [-0.4, -0.2) is 50.4 Å². The van der Waals surface area contributed by atoms with E-state index in [9.17, 15) is 29.6 Å². The van der Waals surface area contributed by atoms with Crippen LogP contribution in [0.4, 0.5) is 5.69 Å². The Balaban J connectivity index is 1.68. The molecule has 0 saturated carbocycles. The minimum atomic E-state index is -0.885. The van der Waals surface area contributed by atoms with Gasteiger partial charge in [-0.1, -0.05) is 0 Å². The zero-order chi connectivity index (χ0) is 18.8. The maximum atomic E-state index is 12.3. The Morgan fingerprint density at radius 3 is 2.77 bits per heavy atom. The molecule has 1 fully saturated rings. The van der Waals surface area contributed by atoms with Gasteiger partial charge in [-0.2, -0.15) is 0 Å². The van der Waals surface area contributed by atoms with Gasteiger partial charge in [0, 0.05) is 12.1 Å². The van der Waals surface area contributed by atoms with Crippen molar-refractivity contribution in [3.8, 4) is 0 Å². The number of ether oxygens (including phenoxy) is 1. The molecule has 3 rings (SSSR count). The fraction of sp³-hybridized carbons (Fsp3) is 0.267. The number of carbonyl (C=O) groups excluding carboxylic acids is 3. The fourth-order valence-corrected chi connectivity index (χ4v) is 3.83. The zero-order valence-corrected chi connectivity index (χ0v) is 14.0. The standard InChI is InChI=1S/C15H13N3O7S/c19-7-16-11-13(21)17-12(10(20)6-26-14(11)17)15(22)25-5-8-1-3-9(4-2-8)18(23)24/h1-4,7,11,14,20H,5-6H2,(H,16,19)/t11?,14-/m0/s1. The molecule has 26 heavy (non-hydrogen) atoms. The lowest BCUT2D eigenvalue weighted by molar-refractivity contribution is -0.384. The van der Waals surface area contributed by atoms with Gasteiger partial charge in [0.05, 0.1) is 10.7 Å². The van der Waals surface area contributed by atoms with Crippen molar-refractivity contribution in [3.63, 3.8) is 0 Å². The van der Waals surface area contributed by atoms with Crippen molar-refractivity contribution in [1.82, 2.24) is 10.2 Å². The molecule has 0 spiro atoms. The molecule has 0 aliphatic carbocycles. The lowest BCUT2D eigenvalue weighted by Gasteiger charge is -2.48. The van der Waals surface area contributed by atoms with Gasteiger partial charge < -0.3 is 15.2 Å². The monoisotopic (exact) mass is 379 g/mol. The molecular weight excluding hydrogens is 366 g/mol. The average molecular weight is 379 g/mol. The highest BCUT2D eigenvalue weighted by molar-refractivity contribution is 8.00. The van der Waals surface area contributed by atoms with Crippen LogP contribution in [-0.2, 0) is 25.7 Å². The minimum Gasteiger partial charge on any atom is -0.509 e. The van der Waals surface area contributed by atoms with Crippen molar-refractivity contribution >= 4 is 35.7 Å². The van der Waals surface area contributed by atoms with E-state index in [4.69, 9.17) is 4.74 Å². The summed E-state index contributed by atoms with van der Waals surface area (Å²) in [6.07, 6.45) is 0.408. The summed E-state index contributed by atoms with van der Waals surface area (Å²) in [4.78, 5) is 46.1. The molecule has 1 saturated heterocycles. The van der Waals surface area contributed by atoms with Crippen molar-refractivity contribution in [2.45, 2.75) is 18.0 Å². The Kier molecular flexibility index (Phi) is 4.80. The van der Waals surface area contributed by atoms with Gasteiger partial charge in [-0.05, 0) is 17.7 Å². The Morgan fingerprint density at radius 1 is 1.46 bits per heavy atom. The summed E-state index contributed by atoms with van der Waals surface area (Å²) >= 11 is 1.22. The molecule has 136 valence electrons. The van der Waals surface area contributed by atoms with Crippen molar-refractivity contribution in [1.29, 1.82) is 0 Å². The van der Waals surface area contributed by atoms with E-state index in [0.29, 0.717) is 12.0 Å². The van der Waals surface area contributed by atoms with Crippen LogP contribution in [0.5, 0.6) is 0 Å². The second-order valence-corrected chi connectivity index (χ2v) is 6.57. The number of non-ortho nitro benzene ring substituents is 1. The molecule has 11 heteroatoms. The summed E-state index contributed by atoms with van der Waals surface area (Å²) < 4.78 is 5.11. The van der Waals surface area contributed by atoms with E-state index in [1.54, 1.807) is 0 Å². The van der Waals surface area contributed by atoms with E-state index in [2.05, 4.69) is 5.32 Å². The Bertz CT molecular complexity index is 808. The third-order valence-corrected chi connectivity index (χ3v) is 5.17. The molecule has 1 aromatic rings. The third-order valence-electron chi connectivity index (χ3n) is 3.91. The molecule has 2 heterocycles. The van der Waals surface area contributed by atoms with E-state index in [1.165, 1.54) is 36.0 Å². The fourth-order valence-electron chi connectivity index (χ4n) is 2.62. The first kappa shape index (κ1) is 17.7. The van der Waals surface area contributed by atoms with E-state index < -0.39 is 28.2 Å². The maximum Gasteiger partial charge on any atom is 0.358 e. The van der Waals surface area contributed by atoms with Crippen LogP contribution in [0.1, 0.15) is 5.56 Å². The van der Waals surface area contributed by atoms with E-state index in [1.807, 2.05) is 0 Å². The number of hydrogen-bond acceptors (Lipinski definition) is 8. The highest BCUT2D eigenvalue weighted by Gasteiger charge is 2.54. The van der Waals surface area contributed by atoms with E-state index >= 15 is 0 Å². The van der Waals surface area contributed by atoms with E-state index in [0.717, 1.165) is 4.90 Å². The number of nitro groups is 1. The van der Waals surface area contributed by atoms with Crippen LogP contribution in [0.2, 0.25) is 0 Å². The van der Waals surface area contributed by atoms with Crippen molar-refractivity contribution in [3.05, 3.63) is 51.4 Å². The number of thioether (sulfide) groups is 1. The predicted octanol–water partition coefficient (Wildman–Crippen LogP) is 0.437. The van der Waals surface area contributed by atoms with Crippen molar-refractivity contribution in [2.75, 3.05) is 5.75 Å². The van der Waals surface area contributed by atoms with Crippen molar-refractivity contribution < 1.29 is 29.2 Å². The molecule has 2 amide bonds. The Labute approximate surface area is 150 Å². The second kappa shape index (κ2) is 7.04. The van der Waals surface area contributed by atoms with Gasteiger partial charge in [0.25, 0.3) is 11.6 Å². The number of esters is 1. The molecule has 2 N–H and O–H groups in total. The lowest BCUT2D eigenvalue weighted by Crippen LogP contribution is -2.69. The SMILES string of the molecule is O=CNC1C(=O)N2C(C(=O)OCc3ccc([N+](=O)[O-])cc3)=C(O)CS[C@@H]12. The topological polar surface area (TPSA) is 139 Å². The summed E-state index contributed by atoms with van der Waals surface area (Å²) in [5.74, 6) is -1.57. The molecule has 0 bridgehead atoms. The molecule has 1 aromatic carbocycles. The molecule has 0 aromatic heterocycles. The lowest BCUT2D eigenvalue weighted by atomic mass is 10.1. The Morgan fingerprint density at radius 2 is 2.15 bits per heavy atom. The second-order valence-electron chi connectivity index (χ2n) is 5.47. The molecule has 0 radical (unpaired) electrons. The molecular formula is C15H13N3O7S. The summed E-state index contributed by atoms with van der Waals surface area (Å²) in [6.45, 7) is -0.177. The number of amides is 2. The Hall–Kier alpha value is -3.08. The quantitative estimate of drug-likeness (QED) is 0.239. The summed E-state index contributed by atoms with van der Waals surface area (Å²) in [6, 6.07) is 4.70. The number of nitrogens with zero attached hydrogens (tertiary/aromatic N) is 2. The molecule has 1 unspecified atom stereocenters. The molecule has 2 aliphatic heterocycles. The summed E-state index contributed by atoms with van der Waals surface area (Å²) in [7, 11) is 0. The number of rotatable bonds is 6. The maximum absolute atomic E-state index is 12.3. The van der Waals surface area contributed by atoms with Gasteiger partial charge in [-0.3, -0.25) is 24.6 Å². The van der Waals surface area contributed by atoms with Crippen LogP contribution < -0.4 is 5.32 Å². The van der Waals surface area contributed by atoms with Crippen LogP contribution in [0.15, 0.2) is 35.7 Å². The number of aliphatic hydroxyl groups is 1. The van der Waals surface area contributed by atoms with Gasteiger partial charge >= 0.3 is 5.97 Å². The minimum absolute atomic E-state index is 0.0903. The number of nitro benzene ring substituents is 1. The normalized spacial score (nSPS) is 21.5. The number of nitrogens with one attached hydrogen (secondary N) is 1. The molecule has 2 aliphatic rings. The first-order chi connectivity index (χ1) is 12.4. The average Bonchev–Trinajstić information content (AvgIpc) is 2.64. The van der Waals surface area contributed by atoms with Gasteiger partial charge in [0.1, 0.15) is 23.8 Å². The summed E-state index contributed by atoms with van der Waals surface area (Å²) in [5.41, 5.74) is 0.179. The number of fused-ring (bicyclic) bond motifs is 1. The van der Waals surface area contributed by atoms with Crippen molar-refractivity contribution in [2.24, 2.45) is 0 Å². The number of benzene rings is 1. The van der Waals surface area contributed by atoms with Gasteiger partial charge in [0.15, 0.2) is 5.70 Å². The highest BCUT2D eigenvalue weighted by atomic mass is 32.2. The van der Waals surface area contributed by atoms with Crippen LogP contribution in [0.3, 0.4) is 0 Å². The van der Waals surface area contributed by atoms with Gasteiger partial charge in [-0.25, -0.2) is 4.79 Å². The smallest absolute Gasteiger partial charge is 0.358 e. The number of β-lactam (4-membered cyclic amide) rings is 1. The predicted molar refractivity (Wildman–Crippen MR) is 88.6 cm³/mol. The zero-order valence-electron chi connectivity index (χ0n) is 13.2. The van der Waals surface area contributed by atoms with Crippen LogP contribution >= 0.6 is 11.8 Å². The first-order valence-electron chi connectivity index (χ1n) is 7.41. The number of aliphatic hydroxyl groups excluding tert-OH is 1. The van der Waals surface area contributed by atoms with Gasteiger partial charge in [0.2, 0.25) is 6.41 Å². The van der Waals surface area contributed by atoms with Crippen LogP contribution in [0.25, 0.3) is 0 Å². The first-order valence-corrected chi connectivity index (χ1v) is 8.46. The summed E-state index contributed by atoms with van der Waals surface area (Å²) in [5, 5.41) is 22.5. The number of hydrogen-bond donors (Lipinski definition) is 2. The molecule has 10 nitrogen and oxygen atoms in total. The van der Waals surface area contributed by atoms with Gasteiger partial charge in [-0.15, -0.1) is 11.8 Å². The van der Waals surface area contributed by atoms with E-state index in [-0.39, 0.29) is 29.5 Å². The molecule has 2 atom stereocenters. The number of carbonyl (C=O) groups is 3. The highest BCUT2D eigenvalue weighted by Crippen LogP contribution is 2.39. The van der Waals surface area contributed by atoms with Crippen LogP contribution in [0, 0.1) is 10.1 Å².